The maximum Gasteiger partial charge on any atom is 0.290 e. The molecule has 1 aromatic heterocycles. The van der Waals surface area contributed by atoms with Crippen LogP contribution in [0.3, 0.4) is 0 Å². The molecular formula is C20H21N3O5S. The molecule has 152 valence electrons. The topological polar surface area (TPSA) is 118 Å². The first-order valence-electron chi connectivity index (χ1n) is 8.51. The number of aryl methyl sites for hydroxylation is 1. The molecule has 0 fully saturated rings. The van der Waals surface area contributed by atoms with Gasteiger partial charge in [0.15, 0.2) is 9.84 Å². The van der Waals surface area contributed by atoms with Crippen molar-refractivity contribution in [2.24, 2.45) is 0 Å². The van der Waals surface area contributed by atoms with Gasteiger partial charge < -0.3 is 15.0 Å². The number of imidazole rings is 1. The first kappa shape index (κ1) is 21.8. The summed E-state index contributed by atoms with van der Waals surface area (Å²) in [6, 6.07) is 13.5. The predicted molar refractivity (Wildman–Crippen MR) is 109 cm³/mol. The van der Waals surface area contributed by atoms with E-state index in [0.29, 0.717) is 17.8 Å². The summed E-state index contributed by atoms with van der Waals surface area (Å²) in [5, 5.41) is 9.76. The lowest BCUT2D eigenvalue weighted by Crippen LogP contribution is -2.15. The van der Waals surface area contributed by atoms with E-state index in [2.05, 4.69) is 10.3 Å². The minimum Gasteiger partial charge on any atom is -0.483 e. The lowest BCUT2D eigenvalue weighted by Gasteiger charge is -2.13. The predicted octanol–water partition coefficient (Wildman–Crippen LogP) is 2.60. The molecule has 0 aliphatic carbocycles. The molecule has 0 spiro atoms. The van der Waals surface area contributed by atoms with Gasteiger partial charge in [0, 0.05) is 29.9 Å². The van der Waals surface area contributed by atoms with E-state index >= 15 is 0 Å². The monoisotopic (exact) mass is 415 g/mol. The Hall–Kier alpha value is -3.46. The smallest absolute Gasteiger partial charge is 0.290 e. The van der Waals surface area contributed by atoms with Gasteiger partial charge in [-0.25, -0.2) is 13.4 Å². The Morgan fingerprint density at radius 1 is 1.21 bits per heavy atom. The highest BCUT2D eigenvalue weighted by Gasteiger charge is 2.13. The number of hydrogen-bond donors (Lipinski definition) is 2. The molecule has 0 saturated carbocycles. The number of carbonyl (C=O) groups excluding carboxylic acids is 1. The van der Waals surface area contributed by atoms with Crippen LogP contribution < -0.4 is 5.32 Å². The quantitative estimate of drug-likeness (QED) is 0.619. The van der Waals surface area contributed by atoms with Crippen LogP contribution in [0.15, 0.2) is 65.8 Å². The van der Waals surface area contributed by atoms with Crippen molar-refractivity contribution in [3.05, 3.63) is 77.9 Å². The summed E-state index contributed by atoms with van der Waals surface area (Å²) in [6.45, 7) is 2.24. The Balaban J connectivity index is 0.000000941. The van der Waals surface area contributed by atoms with E-state index in [1.807, 2.05) is 42.0 Å². The van der Waals surface area contributed by atoms with Gasteiger partial charge >= 0.3 is 0 Å². The molecule has 0 unspecified atom stereocenters. The number of benzene rings is 2. The van der Waals surface area contributed by atoms with Gasteiger partial charge in [-0.15, -0.1) is 0 Å². The third kappa shape index (κ3) is 6.01. The fraction of sp³-hybridized carbons (Fsp3) is 0.150. The van der Waals surface area contributed by atoms with E-state index in [1.165, 1.54) is 12.1 Å². The molecule has 0 aliphatic heterocycles. The molecule has 0 atom stereocenters. The molecule has 3 rings (SSSR count). The number of para-hydroxylation sites is 1. The summed E-state index contributed by atoms with van der Waals surface area (Å²) in [7, 11) is -3.37. The zero-order valence-electron chi connectivity index (χ0n) is 15.9. The van der Waals surface area contributed by atoms with Crippen LogP contribution in [0.5, 0.6) is 0 Å². The van der Waals surface area contributed by atoms with Crippen molar-refractivity contribution in [1.29, 1.82) is 0 Å². The number of carboxylic acid groups (broad SMARTS) is 1. The first-order valence-corrected chi connectivity index (χ1v) is 10.4. The van der Waals surface area contributed by atoms with Crippen molar-refractivity contribution >= 4 is 27.9 Å². The first-order chi connectivity index (χ1) is 13.8. The van der Waals surface area contributed by atoms with Crippen molar-refractivity contribution in [2.75, 3.05) is 11.6 Å². The highest BCUT2D eigenvalue weighted by Crippen LogP contribution is 2.19. The summed E-state index contributed by atoms with van der Waals surface area (Å²) in [4.78, 5) is 25.3. The van der Waals surface area contributed by atoms with Crippen molar-refractivity contribution in [3.63, 3.8) is 0 Å². The van der Waals surface area contributed by atoms with Crippen molar-refractivity contribution in [3.8, 4) is 0 Å². The van der Waals surface area contributed by atoms with Gasteiger partial charge in [0.25, 0.3) is 12.4 Å². The fourth-order valence-electron chi connectivity index (χ4n) is 2.60. The Morgan fingerprint density at radius 2 is 1.90 bits per heavy atom. The molecule has 0 radical (unpaired) electrons. The van der Waals surface area contributed by atoms with E-state index in [4.69, 9.17) is 9.90 Å². The van der Waals surface area contributed by atoms with Gasteiger partial charge in [-0.1, -0.05) is 24.3 Å². The molecule has 8 nitrogen and oxygen atoms in total. The lowest BCUT2D eigenvalue weighted by molar-refractivity contribution is -0.122. The van der Waals surface area contributed by atoms with Crippen LogP contribution in [-0.2, 0) is 21.2 Å². The van der Waals surface area contributed by atoms with Gasteiger partial charge in [0.1, 0.15) is 5.82 Å². The molecule has 1 amide bonds. The Morgan fingerprint density at radius 3 is 2.52 bits per heavy atom. The van der Waals surface area contributed by atoms with Crippen LogP contribution in [0.1, 0.15) is 21.7 Å². The van der Waals surface area contributed by atoms with Gasteiger partial charge in [0.2, 0.25) is 0 Å². The summed E-state index contributed by atoms with van der Waals surface area (Å²) < 4.78 is 25.4. The molecule has 3 aromatic rings. The second kappa shape index (κ2) is 9.65. The van der Waals surface area contributed by atoms with Gasteiger partial charge in [0.05, 0.1) is 11.4 Å². The van der Waals surface area contributed by atoms with Crippen LogP contribution in [-0.4, -0.2) is 41.7 Å². The van der Waals surface area contributed by atoms with E-state index in [1.54, 1.807) is 18.3 Å². The van der Waals surface area contributed by atoms with E-state index in [-0.39, 0.29) is 17.3 Å². The Bertz CT molecular complexity index is 1110. The maximum atomic E-state index is 12.6. The van der Waals surface area contributed by atoms with Crippen molar-refractivity contribution in [2.45, 2.75) is 18.4 Å². The van der Waals surface area contributed by atoms with Gasteiger partial charge in [-0.05, 0) is 36.8 Å². The number of nitrogens with zero attached hydrogens (tertiary/aromatic N) is 2. The zero-order valence-corrected chi connectivity index (χ0v) is 16.8. The molecule has 2 N–H and O–H groups in total. The standard InChI is InChI=1S/C19H19N3O3S.CH2O2/c1-14-20-10-11-22(14)13-16-6-3-4-9-18(16)21-19(23)15-7-5-8-17(12-15)26(2,24)25;2-1-3/h3-12H,13H2,1-2H3,(H,21,23);1H,(H,2,3). The molecule has 0 saturated heterocycles. The summed E-state index contributed by atoms with van der Waals surface area (Å²) in [6.07, 6.45) is 4.73. The minimum atomic E-state index is -3.37. The average Bonchev–Trinajstić information content (AvgIpc) is 3.08. The number of carbonyl (C=O) groups is 2. The van der Waals surface area contributed by atoms with Crippen LogP contribution in [0.25, 0.3) is 0 Å². The highest BCUT2D eigenvalue weighted by atomic mass is 32.2. The van der Waals surface area contributed by atoms with Crippen molar-refractivity contribution < 1.29 is 23.1 Å². The number of aromatic nitrogens is 2. The number of amides is 1. The highest BCUT2D eigenvalue weighted by molar-refractivity contribution is 7.90. The average molecular weight is 415 g/mol. The fourth-order valence-corrected chi connectivity index (χ4v) is 3.26. The normalized spacial score (nSPS) is 10.6. The summed E-state index contributed by atoms with van der Waals surface area (Å²) in [5.41, 5.74) is 1.90. The van der Waals surface area contributed by atoms with E-state index < -0.39 is 9.84 Å². The molecular weight excluding hydrogens is 394 g/mol. The number of sulfone groups is 1. The molecule has 0 bridgehead atoms. The van der Waals surface area contributed by atoms with E-state index in [9.17, 15) is 13.2 Å². The Labute approximate surface area is 168 Å². The number of anilines is 1. The van der Waals surface area contributed by atoms with E-state index in [0.717, 1.165) is 17.6 Å². The summed E-state index contributed by atoms with van der Waals surface area (Å²) in [5.74, 6) is 0.525. The molecule has 29 heavy (non-hydrogen) atoms. The Kier molecular flexibility index (Phi) is 7.27. The number of hydrogen-bond acceptors (Lipinski definition) is 5. The minimum absolute atomic E-state index is 0.118. The van der Waals surface area contributed by atoms with Crippen LogP contribution >= 0.6 is 0 Å². The third-order valence-electron chi connectivity index (χ3n) is 4.05. The number of rotatable bonds is 5. The largest absolute Gasteiger partial charge is 0.483 e. The molecule has 2 aromatic carbocycles. The SMILES string of the molecule is Cc1nccn1Cc1ccccc1NC(=O)c1cccc(S(C)(=O)=O)c1.O=CO. The molecule has 9 heteroatoms. The van der Waals surface area contributed by atoms with Crippen molar-refractivity contribution in [1.82, 2.24) is 9.55 Å². The molecule has 0 aliphatic rings. The van der Waals surface area contributed by atoms with Crippen LogP contribution in [0.2, 0.25) is 0 Å². The molecule has 1 heterocycles. The number of nitrogens with one attached hydrogen (secondary N) is 1. The van der Waals surface area contributed by atoms with Gasteiger partial charge in [-0.3, -0.25) is 9.59 Å². The zero-order chi connectivity index (χ0) is 21.4. The third-order valence-corrected chi connectivity index (χ3v) is 5.16. The van der Waals surface area contributed by atoms with Gasteiger partial charge in [-0.2, -0.15) is 0 Å². The second-order valence-electron chi connectivity index (χ2n) is 6.12. The lowest BCUT2D eigenvalue weighted by atomic mass is 10.1. The second-order valence-corrected chi connectivity index (χ2v) is 8.13. The van der Waals surface area contributed by atoms with Crippen LogP contribution in [0.4, 0.5) is 5.69 Å². The van der Waals surface area contributed by atoms with Crippen LogP contribution in [0, 0.1) is 6.92 Å². The summed E-state index contributed by atoms with van der Waals surface area (Å²) >= 11 is 0. The maximum absolute atomic E-state index is 12.6.